The van der Waals surface area contributed by atoms with E-state index in [1.165, 1.54) is 23.9 Å². The molecule has 1 heterocycles. The number of amides is 1. The quantitative estimate of drug-likeness (QED) is 0.240. The number of aliphatic hydroxyl groups excluding tert-OH is 1. The van der Waals surface area contributed by atoms with Gasteiger partial charge in [-0.1, -0.05) is 18.2 Å². The fourth-order valence-electron chi connectivity index (χ4n) is 3.79. The number of rotatable bonds is 12. The van der Waals surface area contributed by atoms with Crippen LogP contribution in [0.4, 0.5) is 11.4 Å². The van der Waals surface area contributed by atoms with E-state index in [0.717, 1.165) is 51.7 Å². The monoisotopic (exact) mass is 536 g/mol. The van der Waals surface area contributed by atoms with Gasteiger partial charge in [-0.15, -0.1) is 0 Å². The van der Waals surface area contributed by atoms with Crippen LogP contribution in [-0.2, 0) is 14.8 Å². The van der Waals surface area contributed by atoms with Gasteiger partial charge in [0.1, 0.15) is 24.2 Å². The lowest BCUT2D eigenvalue weighted by atomic mass is 10.0. The van der Waals surface area contributed by atoms with Gasteiger partial charge in [0, 0.05) is 50.5 Å². The van der Waals surface area contributed by atoms with Crippen LogP contribution in [0.15, 0.2) is 48.5 Å². The van der Waals surface area contributed by atoms with Crippen LogP contribution in [-0.4, -0.2) is 87.7 Å². The van der Waals surface area contributed by atoms with E-state index < -0.39 is 16.1 Å². The van der Waals surface area contributed by atoms with Crippen molar-refractivity contribution in [2.75, 3.05) is 55.2 Å². The first kappa shape index (κ1) is 30.2. The molecule has 37 heavy (non-hydrogen) atoms. The highest BCUT2D eigenvalue weighted by atomic mass is 32.2. The third-order valence-electron chi connectivity index (χ3n) is 5.93. The third-order valence-corrected chi connectivity index (χ3v) is 6.52. The highest BCUT2D eigenvalue weighted by molar-refractivity contribution is 7.92. The molecule has 206 valence electrons. The van der Waals surface area contributed by atoms with E-state index in [-0.39, 0.29) is 18.0 Å². The number of hydrogen-bond acceptors (Lipinski definition) is 8. The van der Waals surface area contributed by atoms with Crippen molar-refractivity contribution in [2.45, 2.75) is 38.8 Å². The average Bonchev–Trinajstić information content (AvgIpc) is 2.89. The summed E-state index contributed by atoms with van der Waals surface area (Å²) in [6, 6.07) is 14.9. The number of carbonyl (C=O) groups is 1. The molecule has 0 aromatic heterocycles. The van der Waals surface area contributed by atoms with Gasteiger partial charge in [0.05, 0.1) is 11.9 Å². The molecule has 10 nitrogen and oxygen atoms in total. The van der Waals surface area contributed by atoms with E-state index in [1.54, 1.807) is 4.90 Å². The number of aliphatic hydroxyl groups is 1. The smallest absolute Gasteiger partial charge is 0.229 e. The molecule has 0 bridgehead atoms. The van der Waals surface area contributed by atoms with E-state index in [1.807, 2.05) is 32.0 Å². The summed E-state index contributed by atoms with van der Waals surface area (Å²) >= 11 is 0. The Balaban J connectivity index is 0.000000604. The minimum absolute atomic E-state index is 0.0350. The van der Waals surface area contributed by atoms with Crippen molar-refractivity contribution in [3.05, 3.63) is 48.5 Å². The molecule has 1 atom stereocenters. The molecular formula is C26H40N4O6S. The SMILES string of the molecule is CCN(C=O)CC.CS(=O)(=O)Nc1cc(OC[C@@H](O)CNC2CCN(c3ccccc3)CC2)ccc1O. The zero-order chi connectivity index (χ0) is 27.3. The number of nitrogens with one attached hydrogen (secondary N) is 2. The summed E-state index contributed by atoms with van der Waals surface area (Å²) in [4.78, 5) is 14.0. The standard InChI is InChI=1S/C21H29N3O5S.C5H11NO/c1-30(27,28)23-20-13-19(7-8-21(20)26)29-15-18(25)14-22-16-9-11-24(12-10-16)17-5-3-2-4-6-17;1-3-6(4-2)5-7/h2-8,13,16,18,22-23,25-26H,9-12,14-15H2,1H3;5H,3-4H2,1-2H3/t18-;/m0./s1. The fourth-order valence-corrected chi connectivity index (χ4v) is 4.36. The Bertz CT molecular complexity index is 1040. The number of sulfonamides is 1. The van der Waals surface area contributed by atoms with Gasteiger partial charge < -0.3 is 30.1 Å². The second-order valence-corrected chi connectivity index (χ2v) is 10.6. The molecule has 0 unspecified atom stereocenters. The van der Waals surface area contributed by atoms with Gasteiger partial charge in [0.25, 0.3) is 0 Å². The Hall–Kier alpha value is -3.02. The first-order valence-electron chi connectivity index (χ1n) is 12.5. The molecule has 11 heteroatoms. The lowest BCUT2D eigenvalue weighted by molar-refractivity contribution is -0.117. The van der Waals surface area contributed by atoms with Crippen LogP contribution in [0.5, 0.6) is 11.5 Å². The molecular weight excluding hydrogens is 496 g/mol. The first-order chi connectivity index (χ1) is 17.6. The van der Waals surface area contributed by atoms with Crippen molar-refractivity contribution in [1.29, 1.82) is 0 Å². The van der Waals surface area contributed by atoms with Crippen molar-refractivity contribution in [1.82, 2.24) is 10.2 Å². The summed E-state index contributed by atoms with van der Waals surface area (Å²) in [6.45, 7) is 7.95. The summed E-state index contributed by atoms with van der Waals surface area (Å²) < 4.78 is 30.5. The number of piperidine rings is 1. The highest BCUT2D eigenvalue weighted by Crippen LogP contribution is 2.28. The van der Waals surface area contributed by atoms with Crippen molar-refractivity contribution in [3.63, 3.8) is 0 Å². The van der Waals surface area contributed by atoms with Crippen molar-refractivity contribution < 1.29 is 28.2 Å². The molecule has 3 rings (SSSR count). The minimum Gasteiger partial charge on any atom is -0.506 e. The van der Waals surface area contributed by atoms with E-state index in [0.29, 0.717) is 18.3 Å². The number of carbonyl (C=O) groups excluding carboxylic acids is 1. The van der Waals surface area contributed by atoms with E-state index in [2.05, 4.69) is 27.1 Å². The molecule has 1 aliphatic rings. The molecule has 4 N–H and O–H groups in total. The Morgan fingerprint density at radius 1 is 1.14 bits per heavy atom. The molecule has 0 saturated carbocycles. The number of para-hydroxylation sites is 1. The molecule has 0 spiro atoms. The van der Waals surface area contributed by atoms with Gasteiger partial charge in [-0.2, -0.15) is 0 Å². The Morgan fingerprint density at radius 2 is 1.78 bits per heavy atom. The van der Waals surface area contributed by atoms with Crippen molar-refractivity contribution in [2.24, 2.45) is 0 Å². The first-order valence-corrected chi connectivity index (χ1v) is 14.4. The van der Waals surface area contributed by atoms with Crippen LogP contribution in [0.25, 0.3) is 0 Å². The predicted octanol–water partition coefficient (Wildman–Crippen LogP) is 2.25. The van der Waals surface area contributed by atoms with E-state index in [9.17, 15) is 23.4 Å². The molecule has 1 fully saturated rings. The maximum absolute atomic E-state index is 11.4. The van der Waals surface area contributed by atoms with Gasteiger partial charge in [0.2, 0.25) is 16.4 Å². The van der Waals surface area contributed by atoms with Crippen LogP contribution in [0.3, 0.4) is 0 Å². The Labute approximate surface area is 220 Å². The molecule has 2 aromatic carbocycles. The summed E-state index contributed by atoms with van der Waals surface area (Å²) in [7, 11) is -3.52. The number of benzene rings is 2. The van der Waals surface area contributed by atoms with Gasteiger partial charge in [-0.25, -0.2) is 8.42 Å². The predicted molar refractivity (Wildman–Crippen MR) is 147 cm³/mol. The molecule has 1 aliphatic heterocycles. The normalized spacial score (nSPS) is 14.8. The number of hydrogen-bond donors (Lipinski definition) is 4. The summed E-state index contributed by atoms with van der Waals surface area (Å²) in [6.07, 6.45) is 3.15. The van der Waals surface area contributed by atoms with Gasteiger partial charge in [0.15, 0.2) is 0 Å². The van der Waals surface area contributed by atoms with Gasteiger partial charge >= 0.3 is 0 Å². The second kappa shape index (κ2) is 15.3. The van der Waals surface area contributed by atoms with Crippen LogP contribution in [0.2, 0.25) is 0 Å². The molecule has 0 radical (unpaired) electrons. The number of anilines is 2. The number of aromatic hydroxyl groups is 1. The van der Waals surface area contributed by atoms with Crippen LogP contribution < -0.4 is 19.7 Å². The molecule has 1 saturated heterocycles. The highest BCUT2D eigenvalue weighted by Gasteiger charge is 2.20. The number of phenols is 1. The van der Waals surface area contributed by atoms with Crippen molar-refractivity contribution >= 4 is 27.8 Å². The fraction of sp³-hybridized carbons (Fsp3) is 0.500. The minimum atomic E-state index is -3.52. The molecule has 2 aromatic rings. The van der Waals surface area contributed by atoms with Gasteiger partial charge in [-0.3, -0.25) is 9.52 Å². The molecule has 0 aliphatic carbocycles. The number of phenolic OH excluding ortho intramolecular Hbond substituents is 1. The number of ether oxygens (including phenoxy) is 1. The zero-order valence-electron chi connectivity index (χ0n) is 21.8. The Morgan fingerprint density at radius 3 is 2.32 bits per heavy atom. The Kier molecular flexibility index (Phi) is 12.5. The summed E-state index contributed by atoms with van der Waals surface area (Å²) in [5.41, 5.74) is 1.27. The maximum Gasteiger partial charge on any atom is 0.229 e. The zero-order valence-corrected chi connectivity index (χ0v) is 22.7. The van der Waals surface area contributed by atoms with Crippen LogP contribution in [0.1, 0.15) is 26.7 Å². The van der Waals surface area contributed by atoms with Crippen LogP contribution >= 0.6 is 0 Å². The van der Waals surface area contributed by atoms with E-state index >= 15 is 0 Å². The van der Waals surface area contributed by atoms with Gasteiger partial charge in [-0.05, 0) is 51.0 Å². The lowest BCUT2D eigenvalue weighted by Gasteiger charge is -2.34. The molecule has 1 amide bonds. The summed E-state index contributed by atoms with van der Waals surface area (Å²) in [5.74, 6) is 0.158. The van der Waals surface area contributed by atoms with E-state index in [4.69, 9.17) is 4.74 Å². The average molecular weight is 537 g/mol. The number of nitrogens with zero attached hydrogens (tertiary/aromatic N) is 2. The topological polar surface area (TPSA) is 131 Å². The van der Waals surface area contributed by atoms with Crippen molar-refractivity contribution in [3.8, 4) is 11.5 Å². The second-order valence-electron chi connectivity index (χ2n) is 8.85. The third kappa shape index (κ3) is 11.3. The maximum atomic E-state index is 11.4. The largest absolute Gasteiger partial charge is 0.506 e. The summed E-state index contributed by atoms with van der Waals surface area (Å²) in [5, 5.41) is 23.4. The lowest BCUT2D eigenvalue weighted by Crippen LogP contribution is -2.45. The van der Waals surface area contributed by atoms with Crippen LogP contribution in [0, 0.1) is 0 Å².